The molecule has 3 rings (SSSR count). The second-order valence-corrected chi connectivity index (χ2v) is 9.75. The second-order valence-electron chi connectivity index (χ2n) is 7.77. The van der Waals surface area contributed by atoms with Gasteiger partial charge in [0.1, 0.15) is 4.32 Å². The van der Waals surface area contributed by atoms with Crippen molar-refractivity contribution in [2.75, 3.05) is 13.7 Å². The van der Waals surface area contributed by atoms with Crippen LogP contribution in [0.4, 0.5) is 0 Å². The molecule has 0 aliphatic carbocycles. The summed E-state index contributed by atoms with van der Waals surface area (Å²) in [4.78, 5) is 31.9. The van der Waals surface area contributed by atoms with Gasteiger partial charge < -0.3 is 18.9 Å². The number of esters is 3. The molecule has 1 aliphatic rings. The van der Waals surface area contributed by atoms with Crippen LogP contribution in [0.5, 0.6) is 0 Å². The lowest BCUT2D eigenvalue weighted by atomic mass is 10.2. The van der Waals surface area contributed by atoms with E-state index in [4.69, 9.17) is 14.2 Å². The predicted molar refractivity (Wildman–Crippen MR) is 149 cm³/mol. The van der Waals surface area contributed by atoms with Crippen molar-refractivity contribution in [1.29, 1.82) is 0 Å². The van der Waals surface area contributed by atoms with Crippen molar-refractivity contribution in [2.24, 2.45) is 0 Å². The molecule has 0 N–H and O–H groups in total. The molecule has 0 saturated carbocycles. The van der Waals surface area contributed by atoms with E-state index in [1.54, 1.807) is 27.7 Å². The zero-order chi connectivity index (χ0) is 28.4. The van der Waals surface area contributed by atoms with Crippen LogP contribution in [0, 0.1) is 0 Å². The van der Waals surface area contributed by atoms with Crippen molar-refractivity contribution in [3.05, 3.63) is 103 Å². The molecule has 0 amide bonds. The summed E-state index contributed by atoms with van der Waals surface area (Å²) >= 11 is 3.17. The van der Waals surface area contributed by atoms with Crippen molar-refractivity contribution in [1.82, 2.24) is 0 Å². The molecule has 37 heavy (non-hydrogen) atoms. The molecule has 2 aromatic carbocycles. The topological polar surface area (TPSA) is 88.1 Å². The molecule has 1 atom stereocenters. The highest BCUT2D eigenvalue weighted by molar-refractivity contribution is 9.10. The van der Waals surface area contributed by atoms with E-state index in [9.17, 15) is 14.4 Å². The molecular formula is C29H35BrO7. The standard InChI is InChI=1S/C10H8O3.C8H8.C6H11BrO2.C5H8O2/c1-7-9(11)13-10(12-7)8-5-3-2-4-6-8;1-2-8-6-4-3-5-7-8;1-4-9-5(8)6(2,3)7;1-4(2)5(6)7-3/h2-6,10H,1H2;2-7H,1H2;4H2,1-3H3;1H2,2-3H3. The molecule has 1 heterocycles. The van der Waals surface area contributed by atoms with E-state index in [1.807, 2.05) is 66.7 Å². The number of ether oxygens (including phenoxy) is 4. The van der Waals surface area contributed by atoms with E-state index in [1.165, 1.54) is 12.7 Å². The molecule has 8 heteroatoms. The summed E-state index contributed by atoms with van der Waals surface area (Å²) < 4.78 is 18.4. The van der Waals surface area contributed by atoms with Crippen LogP contribution < -0.4 is 0 Å². The number of rotatable bonds is 5. The van der Waals surface area contributed by atoms with Crippen molar-refractivity contribution in [2.45, 2.75) is 38.3 Å². The first kappa shape index (κ1) is 33.4. The Morgan fingerprint density at radius 3 is 1.84 bits per heavy atom. The van der Waals surface area contributed by atoms with Crippen molar-refractivity contribution in [3.63, 3.8) is 0 Å². The van der Waals surface area contributed by atoms with E-state index >= 15 is 0 Å². The highest BCUT2D eigenvalue weighted by atomic mass is 79.9. The summed E-state index contributed by atoms with van der Waals surface area (Å²) in [7, 11) is 1.33. The molecule has 2 aromatic rings. The van der Waals surface area contributed by atoms with Crippen LogP contribution in [0.25, 0.3) is 6.08 Å². The molecule has 1 fully saturated rings. The van der Waals surface area contributed by atoms with Gasteiger partial charge in [0.25, 0.3) is 6.29 Å². The Hall–Kier alpha value is -3.65. The van der Waals surface area contributed by atoms with Gasteiger partial charge in [0.05, 0.1) is 13.7 Å². The molecule has 0 spiro atoms. The molecule has 1 aliphatic heterocycles. The van der Waals surface area contributed by atoms with E-state index in [-0.39, 0.29) is 17.7 Å². The Bertz CT molecular complexity index is 1010. The molecule has 1 unspecified atom stereocenters. The number of hydrogen-bond donors (Lipinski definition) is 0. The average molecular weight is 575 g/mol. The molecular weight excluding hydrogens is 540 g/mol. The quantitative estimate of drug-likeness (QED) is 0.173. The van der Waals surface area contributed by atoms with Gasteiger partial charge in [-0.1, -0.05) is 95.8 Å². The average Bonchev–Trinajstić information content (AvgIpc) is 3.23. The van der Waals surface area contributed by atoms with Gasteiger partial charge >= 0.3 is 17.9 Å². The van der Waals surface area contributed by atoms with E-state index in [2.05, 4.69) is 40.4 Å². The van der Waals surface area contributed by atoms with Gasteiger partial charge in [-0.25, -0.2) is 9.59 Å². The van der Waals surface area contributed by atoms with Crippen LogP contribution >= 0.6 is 15.9 Å². The largest absolute Gasteiger partial charge is 0.466 e. The van der Waals surface area contributed by atoms with E-state index in [0.29, 0.717) is 12.2 Å². The van der Waals surface area contributed by atoms with Gasteiger partial charge in [-0.15, -0.1) is 0 Å². The molecule has 7 nitrogen and oxygen atoms in total. The predicted octanol–water partition coefficient (Wildman–Crippen LogP) is 6.56. The van der Waals surface area contributed by atoms with Crippen molar-refractivity contribution in [3.8, 4) is 0 Å². The van der Waals surface area contributed by atoms with Crippen LogP contribution in [-0.2, 0) is 33.3 Å². The zero-order valence-electron chi connectivity index (χ0n) is 22.0. The summed E-state index contributed by atoms with van der Waals surface area (Å²) in [6.45, 7) is 17.7. The lowest BCUT2D eigenvalue weighted by molar-refractivity contribution is -0.145. The van der Waals surface area contributed by atoms with Crippen LogP contribution in [0.2, 0.25) is 0 Å². The van der Waals surface area contributed by atoms with Crippen LogP contribution in [0.1, 0.15) is 45.1 Å². The Morgan fingerprint density at radius 2 is 1.57 bits per heavy atom. The molecule has 0 aromatic heterocycles. The lowest BCUT2D eigenvalue weighted by Gasteiger charge is -2.12. The maximum absolute atomic E-state index is 10.9. The summed E-state index contributed by atoms with van der Waals surface area (Å²) in [6, 6.07) is 19.3. The number of hydrogen-bond acceptors (Lipinski definition) is 7. The highest BCUT2D eigenvalue weighted by Crippen LogP contribution is 2.28. The third kappa shape index (κ3) is 14.5. The second kappa shape index (κ2) is 17.7. The number of methoxy groups -OCH3 is 1. The van der Waals surface area contributed by atoms with Crippen LogP contribution in [0.3, 0.4) is 0 Å². The minimum absolute atomic E-state index is 0.0638. The number of carbonyl (C=O) groups excluding carboxylic acids is 3. The van der Waals surface area contributed by atoms with E-state index < -0.39 is 16.6 Å². The first-order chi connectivity index (χ1) is 17.4. The lowest BCUT2D eigenvalue weighted by Crippen LogP contribution is -2.26. The SMILES string of the molecule is C=C(C)C(=O)OC.C=C1OC(c2ccccc2)OC1=O.C=Cc1ccccc1.CCOC(=O)C(C)(C)Br. The fraction of sp³-hybridized carbons (Fsp3) is 0.276. The Kier molecular flexibility index (Phi) is 16.0. The van der Waals surface area contributed by atoms with Gasteiger partial charge in [-0.05, 0) is 39.8 Å². The summed E-state index contributed by atoms with van der Waals surface area (Å²) in [5, 5.41) is 0. The summed E-state index contributed by atoms with van der Waals surface area (Å²) in [5.74, 6) is -0.993. The molecule has 0 bridgehead atoms. The first-order valence-corrected chi connectivity index (χ1v) is 12.1. The van der Waals surface area contributed by atoms with Gasteiger partial charge in [0, 0.05) is 11.1 Å². The van der Waals surface area contributed by atoms with Gasteiger partial charge in [0.15, 0.2) is 0 Å². The summed E-state index contributed by atoms with van der Waals surface area (Å²) in [6.07, 6.45) is 1.21. The minimum Gasteiger partial charge on any atom is -0.466 e. The number of cyclic esters (lactones) is 1. The Labute approximate surface area is 227 Å². The first-order valence-electron chi connectivity index (χ1n) is 11.3. The van der Waals surface area contributed by atoms with Gasteiger partial charge in [-0.2, -0.15) is 0 Å². The molecule has 200 valence electrons. The maximum atomic E-state index is 10.9. The summed E-state index contributed by atoms with van der Waals surface area (Å²) in [5.41, 5.74) is 2.42. The zero-order valence-corrected chi connectivity index (χ0v) is 23.6. The minimum atomic E-state index is -0.624. The van der Waals surface area contributed by atoms with Crippen molar-refractivity contribution < 1.29 is 33.3 Å². The van der Waals surface area contributed by atoms with Gasteiger partial charge in [-0.3, -0.25) is 4.79 Å². The number of carbonyl (C=O) groups is 3. The Balaban J connectivity index is 0.000000484. The third-order valence-electron chi connectivity index (χ3n) is 4.09. The number of benzene rings is 2. The fourth-order valence-corrected chi connectivity index (χ4v) is 2.29. The molecule has 0 radical (unpaired) electrons. The van der Waals surface area contributed by atoms with Gasteiger partial charge in [0.2, 0.25) is 5.76 Å². The Morgan fingerprint density at radius 1 is 1.05 bits per heavy atom. The normalized spacial score (nSPS) is 13.4. The smallest absolute Gasteiger partial charge is 0.376 e. The number of halogens is 1. The monoisotopic (exact) mass is 574 g/mol. The van der Waals surface area contributed by atoms with Crippen LogP contribution in [0.15, 0.2) is 91.7 Å². The van der Waals surface area contributed by atoms with Crippen LogP contribution in [-0.4, -0.2) is 35.9 Å². The highest BCUT2D eigenvalue weighted by Gasteiger charge is 2.29. The maximum Gasteiger partial charge on any atom is 0.376 e. The van der Waals surface area contributed by atoms with Crippen molar-refractivity contribution >= 4 is 39.9 Å². The number of alkyl halides is 1. The molecule has 1 saturated heterocycles. The van der Waals surface area contributed by atoms with E-state index in [0.717, 1.165) is 5.56 Å². The third-order valence-corrected chi connectivity index (χ3v) is 4.42. The fourth-order valence-electron chi connectivity index (χ4n) is 2.18.